The van der Waals surface area contributed by atoms with Gasteiger partial charge in [0.1, 0.15) is 0 Å². The van der Waals surface area contributed by atoms with Gasteiger partial charge in [-0.1, -0.05) is 240 Å². The summed E-state index contributed by atoms with van der Waals surface area (Å²) in [5.74, 6) is 0. The lowest BCUT2D eigenvalue weighted by molar-refractivity contribution is 0.660. The Balaban J connectivity index is 0.924. The van der Waals surface area contributed by atoms with Crippen molar-refractivity contribution < 1.29 is 0 Å². The van der Waals surface area contributed by atoms with E-state index in [1.165, 1.54) is 122 Å². The summed E-state index contributed by atoms with van der Waals surface area (Å²) in [7, 11) is 0. The third-order valence-corrected chi connectivity index (χ3v) is 17.5. The summed E-state index contributed by atoms with van der Waals surface area (Å²) in [4.78, 5) is 2.52. The highest BCUT2D eigenvalue weighted by atomic mass is 15.1. The molecule has 0 amide bonds. The second-order valence-electron chi connectivity index (χ2n) is 21.9. The minimum Gasteiger partial charge on any atom is -0.310 e. The van der Waals surface area contributed by atoms with Gasteiger partial charge in [-0.2, -0.15) is 0 Å². The fraction of sp³-hybridized carbons (Fsp3) is 0.0959. The van der Waals surface area contributed by atoms with Crippen LogP contribution < -0.4 is 4.90 Å². The molecule has 0 aromatic heterocycles. The zero-order valence-electron chi connectivity index (χ0n) is 42.1. The molecule has 74 heavy (non-hydrogen) atoms. The first-order chi connectivity index (χ1) is 36.2. The highest BCUT2D eigenvalue weighted by molar-refractivity contribution is 5.99. The van der Waals surface area contributed by atoms with Gasteiger partial charge in [-0.3, -0.25) is 0 Å². The number of fused-ring (bicyclic) bond motifs is 16. The average Bonchev–Trinajstić information content (AvgIpc) is 4.24. The van der Waals surface area contributed by atoms with Crippen LogP contribution >= 0.6 is 0 Å². The topological polar surface area (TPSA) is 3.24 Å². The zero-order chi connectivity index (χ0) is 49.5. The standard InChI is InChI=1S/C73H53N/c1-71(2)62-30-13-7-23-53(62)58-42-38-47(44-67(58)71)51-21-12-18-35-69(51)74(49-41-43-59-56-26-11-17-34-66(56)73(68(59)45-49)64-32-15-9-24-54(64)55-25-10-16-33-65(55)73)48-39-36-46(37-40-48)50-20-5-6-22-52(50)60-28-19-29-61-57-27-8-14-31-63(57)72(3,4)70(60)61/h5-45H,1-4H3. The average molecular weight is 944 g/mol. The number of hydrogen-bond donors (Lipinski definition) is 0. The Labute approximate surface area is 434 Å². The fourth-order valence-corrected chi connectivity index (χ4v) is 14.3. The van der Waals surface area contributed by atoms with Gasteiger partial charge in [-0.05, 0) is 153 Å². The fourth-order valence-electron chi connectivity index (χ4n) is 14.3. The molecule has 0 unspecified atom stereocenters. The number of anilines is 3. The molecule has 0 radical (unpaired) electrons. The van der Waals surface area contributed by atoms with E-state index in [4.69, 9.17) is 0 Å². The molecule has 0 saturated heterocycles. The number of para-hydroxylation sites is 1. The van der Waals surface area contributed by atoms with Crippen LogP contribution in [0.1, 0.15) is 72.2 Å². The van der Waals surface area contributed by atoms with Gasteiger partial charge in [0.25, 0.3) is 0 Å². The van der Waals surface area contributed by atoms with E-state index in [-0.39, 0.29) is 10.8 Å². The van der Waals surface area contributed by atoms with Crippen LogP contribution in [0.15, 0.2) is 249 Å². The minimum atomic E-state index is -0.470. The first-order valence-corrected chi connectivity index (χ1v) is 26.3. The van der Waals surface area contributed by atoms with Gasteiger partial charge in [0.2, 0.25) is 0 Å². The summed E-state index contributed by atoms with van der Waals surface area (Å²) in [5, 5.41) is 0. The molecule has 350 valence electrons. The second kappa shape index (κ2) is 15.6. The molecule has 0 bridgehead atoms. The van der Waals surface area contributed by atoms with Gasteiger partial charge in [0.05, 0.1) is 11.1 Å². The first kappa shape index (κ1) is 42.9. The van der Waals surface area contributed by atoms with Gasteiger partial charge in [-0.15, -0.1) is 0 Å². The maximum Gasteiger partial charge on any atom is 0.0726 e. The molecule has 4 aliphatic carbocycles. The molecule has 1 spiro atoms. The number of rotatable bonds is 6. The van der Waals surface area contributed by atoms with Crippen molar-refractivity contribution in [2.24, 2.45) is 0 Å². The third-order valence-electron chi connectivity index (χ3n) is 17.5. The monoisotopic (exact) mass is 943 g/mol. The van der Waals surface area contributed by atoms with Crippen LogP contribution in [-0.4, -0.2) is 0 Å². The van der Waals surface area contributed by atoms with Crippen molar-refractivity contribution in [3.05, 3.63) is 293 Å². The van der Waals surface area contributed by atoms with E-state index < -0.39 is 5.41 Å². The molecule has 11 aromatic carbocycles. The van der Waals surface area contributed by atoms with E-state index in [1.807, 2.05) is 0 Å². The first-order valence-electron chi connectivity index (χ1n) is 26.3. The third kappa shape index (κ3) is 5.76. The van der Waals surface area contributed by atoms with Gasteiger partial charge in [0.15, 0.2) is 0 Å². The number of hydrogen-bond acceptors (Lipinski definition) is 1. The molecule has 0 aliphatic heterocycles. The van der Waals surface area contributed by atoms with Crippen LogP contribution in [0.5, 0.6) is 0 Å². The van der Waals surface area contributed by atoms with Crippen molar-refractivity contribution >= 4 is 17.1 Å². The summed E-state index contributed by atoms with van der Waals surface area (Å²) in [6.45, 7) is 9.53. The minimum absolute atomic E-state index is 0.126. The molecule has 4 aliphatic rings. The SMILES string of the molecule is CC1(C)c2ccccc2-c2ccc(-c3ccccc3N(c3ccc(-c4ccccc4-c4cccc5c4C(C)(C)c4ccccc4-5)cc3)c3ccc4c(c3)C3(c5ccccc5-c5ccccc53)c3ccccc3-4)cc21. The highest BCUT2D eigenvalue weighted by Crippen LogP contribution is 2.64. The molecule has 0 heterocycles. The lowest BCUT2D eigenvalue weighted by Gasteiger charge is -2.33. The molecular formula is C73H53N. The Morgan fingerprint density at radius 3 is 1.24 bits per heavy atom. The van der Waals surface area contributed by atoms with E-state index in [1.54, 1.807) is 0 Å². The Kier molecular flexibility index (Phi) is 9.04. The predicted molar refractivity (Wildman–Crippen MR) is 309 cm³/mol. The summed E-state index contributed by atoms with van der Waals surface area (Å²) in [6, 6.07) is 94.0. The van der Waals surface area contributed by atoms with Crippen molar-refractivity contribution in [3.8, 4) is 77.9 Å². The molecule has 0 saturated carbocycles. The molecule has 1 nitrogen and oxygen atoms in total. The lowest BCUT2D eigenvalue weighted by Crippen LogP contribution is -2.26. The Bertz CT molecular complexity index is 4080. The quantitative estimate of drug-likeness (QED) is 0.161. The van der Waals surface area contributed by atoms with Crippen molar-refractivity contribution in [3.63, 3.8) is 0 Å². The second-order valence-corrected chi connectivity index (χ2v) is 21.9. The summed E-state index contributed by atoms with van der Waals surface area (Å²) in [6.07, 6.45) is 0. The number of nitrogens with zero attached hydrogens (tertiary/aromatic N) is 1. The van der Waals surface area contributed by atoms with E-state index in [0.29, 0.717) is 0 Å². The van der Waals surface area contributed by atoms with E-state index in [9.17, 15) is 0 Å². The predicted octanol–water partition coefficient (Wildman–Crippen LogP) is 19.1. The molecule has 11 aromatic rings. The molecule has 15 rings (SSSR count). The van der Waals surface area contributed by atoms with Gasteiger partial charge >= 0.3 is 0 Å². The van der Waals surface area contributed by atoms with Crippen LogP contribution in [0, 0.1) is 0 Å². The Morgan fingerprint density at radius 1 is 0.243 bits per heavy atom. The van der Waals surface area contributed by atoms with Crippen LogP contribution in [0.4, 0.5) is 17.1 Å². The van der Waals surface area contributed by atoms with Gasteiger partial charge < -0.3 is 4.90 Å². The van der Waals surface area contributed by atoms with E-state index in [2.05, 4.69) is 281 Å². The maximum atomic E-state index is 2.52. The van der Waals surface area contributed by atoms with Crippen molar-refractivity contribution in [2.75, 3.05) is 4.90 Å². The van der Waals surface area contributed by atoms with Crippen molar-refractivity contribution in [1.29, 1.82) is 0 Å². The summed E-state index contributed by atoms with van der Waals surface area (Å²) < 4.78 is 0. The zero-order valence-corrected chi connectivity index (χ0v) is 42.1. The van der Waals surface area contributed by atoms with Gasteiger partial charge in [-0.25, -0.2) is 0 Å². The summed E-state index contributed by atoms with van der Waals surface area (Å²) >= 11 is 0. The van der Waals surface area contributed by atoms with Crippen LogP contribution in [0.25, 0.3) is 77.9 Å². The smallest absolute Gasteiger partial charge is 0.0726 e. The largest absolute Gasteiger partial charge is 0.310 e. The summed E-state index contributed by atoms with van der Waals surface area (Å²) in [5.41, 5.74) is 31.4. The maximum absolute atomic E-state index is 2.52. The van der Waals surface area contributed by atoms with Gasteiger partial charge in [0, 0.05) is 27.8 Å². The Morgan fingerprint density at radius 2 is 0.635 bits per heavy atom. The van der Waals surface area contributed by atoms with E-state index >= 15 is 0 Å². The van der Waals surface area contributed by atoms with Crippen LogP contribution in [0.3, 0.4) is 0 Å². The number of benzene rings is 11. The Hall–Kier alpha value is -8.78. The lowest BCUT2D eigenvalue weighted by atomic mass is 9.70. The van der Waals surface area contributed by atoms with Crippen LogP contribution in [-0.2, 0) is 16.2 Å². The molecule has 0 N–H and O–H groups in total. The molecule has 0 fully saturated rings. The highest BCUT2D eigenvalue weighted by Gasteiger charge is 2.52. The van der Waals surface area contributed by atoms with E-state index in [0.717, 1.165) is 17.1 Å². The molecule has 1 heteroatoms. The van der Waals surface area contributed by atoms with Crippen molar-refractivity contribution in [1.82, 2.24) is 0 Å². The molecule has 0 atom stereocenters. The molecular weight excluding hydrogens is 891 g/mol. The van der Waals surface area contributed by atoms with Crippen molar-refractivity contribution in [2.45, 2.75) is 43.9 Å². The van der Waals surface area contributed by atoms with Crippen LogP contribution in [0.2, 0.25) is 0 Å². The normalized spacial score (nSPS) is 14.8.